The van der Waals surface area contributed by atoms with Gasteiger partial charge in [-0.3, -0.25) is 0 Å². The molecule has 1 aromatic carbocycles. The van der Waals surface area contributed by atoms with E-state index < -0.39 is 0 Å². The number of rotatable bonds is 6. The van der Waals surface area contributed by atoms with Crippen molar-refractivity contribution >= 4 is 11.6 Å². The number of hydrogen-bond donors (Lipinski definition) is 0. The molecule has 2 rings (SSSR count). The van der Waals surface area contributed by atoms with Crippen molar-refractivity contribution in [3.05, 3.63) is 22.7 Å². The lowest BCUT2D eigenvalue weighted by atomic mass is 9.88. The van der Waals surface area contributed by atoms with Crippen molar-refractivity contribution in [2.24, 2.45) is 5.41 Å². The zero-order chi connectivity index (χ0) is 14.8. The molecule has 0 spiro atoms. The van der Waals surface area contributed by atoms with E-state index in [0.717, 1.165) is 31.9 Å². The first-order valence-electron chi connectivity index (χ1n) is 6.65. The number of ether oxygens (including phenoxy) is 3. The molecule has 0 amide bonds. The second-order valence-corrected chi connectivity index (χ2v) is 6.13. The summed E-state index contributed by atoms with van der Waals surface area (Å²) >= 11 is 6.40. The van der Waals surface area contributed by atoms with E-state index in [2.05, 4.69) is 18.9 Å². The van der Waals surface area contributed by atoms with Crippen molar-refractivity contribution in [2.45, 2.75) is 13.5 Å². The molecule has 0 aromatic heterocycles. The van der Waals surface area contributed by atoms with Crippen molar-refractivity contribution in [1.29, 1.82) is 0 Å². The number of methoxy groups -OCH3 is 2. The predicted octanol–water partition coefficient (Wildman–Crippen LogP) is 2.83. The van der Waals surface area contributed by atoms with E-state index in [0.29, 0.717) is 16.5 Å². The first-order chi connectivity index (χ1) is 9.49. The van der Waals surface area contributed by atoms with E-state index in [4.69, 9.17) is 25.8 Å². The highest BCUT2D eigenvalue weighted by molar-refractivity contribution is 6.33. The van der Waals surface area contributed by atoms with Crippen LogP contribution in [0.3, 0.4) is 0 Å². The molecule has 20 heavy (non-hydrogen) atoms. The fraction of sp³-hybridized carbons (Fsp3) is 0.600. The first-order valence-corrected chi connectivity index (χ1v) is 7.02. The van der Waals surface area contributed by atoms with Gasteiger partial charge in [0.15, 0.2) is 11.5 Å². The third kappa shape index (κ3) is 3.19. The molecule has 1 aromatic rings. The highest BCUT2D eigenvalue weighted by atomic mass is 35.5. The Labute approximate surface area is 125 Å². The van der Waals surface area contributed by atoms with Crippen molar-refractivity contribution in [3.8, 4) is 11.5 Å². The third-order valence-corrected chi connectivity index (χ3v) is 3.97. The number of benzene rings is 1. The van der Waals surface area contributed by atoms with Crippen LogP contribution in [0.15, 0.2) is 12.1 Å². The molecule has 0 radical (unpaired) electrons. The standard InChI is InChI=1S/C15H22ClNO3/c1-15(9-20-10-15)8-17(2)7-11-5-6-12(18-3)14(19-4)13(11)16/h5-6H,7-10H2,1-4H3. The van der Waals surface area contributed by atoms with Gasteiger partial charge in [-0.2, -0.15) is 0 Å². The lowest BCUT2D eigenvalue weighted by Crippen LogP contribution is -2.47. The van der Waals surface area contributed by atoms with E-state index in [1.807, 2.05) is 12.1 Å². The van der Waals surface area contributed by atoms with Crippen molar-refractivity contribution in [1.82, 2.24) is 4.90 Å². The van der Waals surface area contributed by atoms with Crippen LogP contribution in [0.4, 0.5) is 0 Å². The Morgan fingerprint density at radius 2 is 2.00 bits per heavy atom. The lowest BCUT2D eigenvalue weighted by Gasteiger charge is -2.40. The minimum absolute atomic E-state index is 0.262. The summed E-state index contributed by atoms with van der Waals surface area (Å²) in [5, 5.41) is 0.619. The topological polar surface area (TPSA) is 30.9 Å². The smallest absolute Gasteiger partial charge is 0.179 e. The summed E-state index contributed by atoms with van der Waals surface area (Å²) in [6.07, 6.45) is 0. The third-order valence-electron chi connectivity index (χ3n) is 3.56. The second-order valence-electron chi connectivity index (χ2n) is 5.75. The van der Waals surface area contributed by atoms with Gasteiger partial charge in [-0.1, -0.05) is 24.6 Å². The molecular weight excluding hydrogens is 278 g/mol. The Morgan fingerprint density at radius 3 is 2.50 bits per heavy atom. The average Bonchev–Trinajstić information content (AvgIpc) is 2.38. The van der Waals surface area contributed by atoms with Crippen LogP contribution in [0.25, 0.3) is 0 Å². The van der Waals surface area contributed by atoms with Crippen LogP contribution in [0, 0.1) is 5.41 Å². The summed E-state index contributed by atoms with van der Waals surface area (Å²) in [7, 11) is 5.30. The van der Waals surface area contributed by atoms with Gasteiger partial charge in [0.1, 0.15) is 0 Å². The summed E-state index contributed by atoms with van der Waals surface area (Å²) in [6, 6.07) is 3.88. The molecule has 4 nitrogen and oxygen atoms in total. The second kappa shape index (κ2) is 6.20. The summed E-state index contributed by atoms with van der Waals surface area (Å²) in [4.78, 5) is 2.26. The quantitative estimate of drug-likeness (QED) is 0.808. The molecule has 1 fully saturated rings. The van der Waals surface area contributed by atoms with Gasteiger partial charge in [0.2, 0.25) is 0 Å². The summed E-state index contributed by atoms with van der Waals surface area (Å²) in [5.41, 5.74) is 1.30. The van der Waals surface area contributed by atoms with Crippen LogP contribution in [-0.4, -0.2) is 45.9 Å². The van der Waals surface area contributed by atoms with E-state index >= 15 is 0 Å². The molecule has 1 aliphatic heterocycles. The van der Waals surface area contributed by atoms with Gasteiger partial charge in [0.05, 0.1) is 32.5 Å². The van der Waals surface area contributed by atoms with Crippen LogP contribution in [0.5, 0.6) is 11.5 Å². The van der Waals surface area contributed by atoms with Crippen LogP contribution < -0.4 is 9.47 Å². The zero-order valence-electron chi connectivity index (χ0n) is 12.5. The zero-order valence-corrected chi connectivity index (χ0v) is 13.3. The number of hydrogen-bond acceptors (Lipinski definition) is 4. The highest BCUT2D eigenvalue weighted by Gasteiger charge is 2.34. The monoisotopic (exact) mass is 299 g/mol. The Hall–Kier alpha value is -0.970. The molecule has 1 saturated heterocycles. The normalized spacial score (nSPS) is 16.9. The number of nitrogens with zero attached hydrogens (tertiary/aromatic N) is 1. The Kier molecular flexibility index (Phi) is 4.78. The Bertz CT molecular complexity index is 474. The minimum atomic E-state index is 0.262. The van der Waals surface area contributed by atoms with Crippen LogP contribution in [0.2, 0.25) is 5.02 Å². The first kappa shape index (κ1) is 15.4. The van der Waals surface area contributed by atoms with Gasteiger partial charge in [-0.25, -0.2) is 0 Å². The molecule has 1 aliphatic rings. The fourth-order valence-electron chi connectivity index (χ4n) is 2.59. The molecule has 0 bridgehead atoms. The Balaban J connectivity index is 2.09. The van der Waals surface area contributed by atoms with Crippen LogP contribution in [-0.2, 0) is 11.3 Å². The molecular formula is C15H22ClNO3. The largest absolute Gasteiger partial charge is 0.493 e. The molecule has 5 heteroatoms. The van der Waals surface area contributed by atoms with Crippen molar-refractivity contribution in [3.63, 3.8) is 0 Å². The van der Waals surface area contributed by atoms with E-state index in [1.165, 1.54) is 0 Å². The molecule has 0 atom stereocenters. The van der Waals surface area contributed by atoms with Crippen molar-refractivity contribution in [2.75, 3.05) is 41.0 Å². The van der Waals surface area contributed by atoms with Crippen LogP contribution >= 0.6 is 11.6 Å². The summed E-state index contributed by atoms with van der Waals surface area (Å²) in [5.74, 6) is 1.25. The van der Waals surface area contributed by atoms with Gasteiger partial charge in [-0.05, 0) is 18.7 Å². The molecule has 0 aliphatic carbocycles. The average molecular weight is 300 g/mol. The number of halogens is 1. The molecule has 1 heterocycles. The molecule has 0 N–H and O–H groups in total. The molecule has 112 valence electrons. The van der Waals surface area contributed by atoms with Gasteiger partial charge in [0.25, 0.3) is 0 Å². The maximum absolute atomic E-state index is 6.40. The van der Waals surface area contributed by atoms with Gasteiger partial charge < -0.3 is 19.1 Å². The summed E-state index contributed by atoms with van der Waals surface area (Å²) in [6.45, 7) is 5.66. The fourth-order valence-corrected chi connectivity index (χ4v) is 2.89. The summed E-state index contributed by atoms with van der Waals surface area (Å²) < 4.78 is 15.9. The van der Waals surface area contributed by atoms with E-state index in [1.54, 1.807) is 14.2 Å². The molecule has 0 saturated carbocycles. The Morgan fingerprint density at radius 1 is 1.30 bits per heavy atom. The molecule has 0 unspecified atom stereocenters. The predicted molar refractivity (Wildman–Crippen MR) is 79.8 cm³/mol. The van der Waals surface area contributed by atoms with Gasteiger partial charge >= 0.3 is 0 Å². The SMILES string of the molecule is COc1ccc(CN(C)CC2(C)COC2)c(Cl)c1OC. The maximum atomic E-state index is 6.40. The minimum Gasteiger partial charge on any atom is -0.493 e. The maximum Gasteiger partial charge on any atom is 0.179 e. The van der Waals surface area contributed by atoms with E-state index in [-0.39, 0.29) is 5.41 Å². The van der Waals surface area contributed by atoms with Crippen LogP contribution in [0.1, 0.15) is 12.5 Å². The van der Waals surface area contributed by atoms with Gasteiger partial charge in [-0.15, -0.1) is 0 Å². The lowest BCUT2D eigenvalue weighted by molar-refractivity contribution is -0.113. The van der Waals surface area contributed by atoms with E-state index in [9.17, 15) is 0 Å². The highest BCUT2D eigenvalue weighted by Crippen LogP contribution is 2.38. The van der Waals surface area contributed by atoms with Crippen molar-refractivity contribution < 1.29 is 14.2 Å². The van der Waals surface area contributed by atoms with Gasteiger partial charge in [0, 0.05) is 18.5 Å².